The molecule has 2 aromatic rings. The second-order valence-electron chi connectivity index (χ2n) is 5.54. The lowest BCUT2D eigenvalue weighted by atomic mass is 10.2. The molecule has 0 spiro atoms. The first kappa shape index (κ1) is 12.3. The molecule has 1 aliphatic carbocycles. The molecule has 1 aliphatic heterocycles. The Morgan fingerprint density at radius 3 is 2.81 bits per heavy atom. The fourth-order valence-electron chi connectivity index (χ4n) is 2.64. The molecule has 1 N–H and O–H groups in total. The molecule has 0 unspecified atom stereocenters. The number of benzene rings is 1. The fourth-order valence-corrected chi connectivity index (χ4v) is 2.64. The van der Waals surface area contributed by atoms with Gasteiger partial charge in [0.1, 0.15) is 5.69 Å². The summed E-state index contributed by atoms with van der Waals surface area (Å²) in [5, 5.41) is 2.92. The minimum atomic E-state index is -0.127. The van der Waals surface area contributed by atoms with Gasteiger partial charge in [-0.05, 0) is 30.9 Å². The number of carbonyl (C=O) groups is 1. The molecule has 2 heterocycles. The summed E-state index contributed by atoms with van der Waals surface area (Å²) in [6, 6.07) is 8.66. The van der Waals surface area contributed by atoms with Gasteiger partial charge in [0.15, 0.2) is 5.82 Å². The van der Waals surface area contributed by atoms with Crippen molar-refractivity contribution in [3.63, 3.8) is 0 Å². The number of amides is 1. The van der Waals surface area contributed by atoms with E-state index in [4.69, 9.17) is 0 Å². The second-order valence-corrected chi connectivity index (χ2v) is 5.54. The molecule has 106 valence electrons. The van der Waals surface area contributed by atoms with Crippen LogP contribution < -0.4 is 10.2 Å². The Hall–Kier alpha value is -2.43. The van der Waals surface area contributed by atoms with Gasteiger partial charge >= 0.3 is 0 Å². The van der Waals surface area contributed by atoms with Crippen LogP contribution in [0.5, 0.6) is 0 Å². The standard InChI is InChI=1S/C16H16N4O/c21-16(19-12-5-6-12)13-9-18-15(10-17-13)20-8-7-11-3-1-2-4-14(11)20/h1-4,9-10,12H,5-8H2,(H,19,21). The van der Waals surface area contributed by atoms with Crippen LogP contribution in [0.2, 0.25) is 0 Å². The number of carbonyl (C=O) groups excluding carboxylic acids is 1. The number of hydrogen-bond donors (Lipinski definition) is 1. The van der Waals surface area contributed by atoms with Gasteiger partial charge in [0.05, 0.1) is 12.4 Å². The summed E-state index contributed by atoms with van der Waals surface area (Å²) in [6.45, 7) is 0.904. The number of hydrogen-bond acceptors (Lipinski definition) is 4. The average Bonchev–Trinajstić information content (AvgIpc) is 3.23. The van der Waals surface area contributed by atoms with E-state index in [2.05, 4.69) is 38.4 Å². The van der Waals surface area contributed by atoms with Gasteiger partial charge < -0.3 is 10.2 Å². The number of aromatic nitrogens is 2. The highest BCUT2D eigenvalue weighted by atomic mass is 16.2. The van der Waals surface area contributed by atoms with Gasteiger partial charge in [-0.25, -0.2) is 9.97 Å². The fraction of sp³-hybridized carbons (Fsp3) is 0.312. The normalized spacial score (nSPS) is 16.7. The Labute approximate surface area is 123 Å². The third kappa shape index (κ3) is 2.35. The summed E-state index contributed by atoms with van der Waals surface area (Å²) in [5.41, 5.74) is 2.90. The van der Waals surface area contributed by atoms with Crippen molar-refractivity contribution in [3.05, 3.63) is 47.9 Å². The number of nitrogens with one attached hydrogen (secondary N) is 1. The Morgan fingerprint density at radius 2 is 2.05 bits per heavy atom. The molecule has 4 rings (SSSR count). The highest BCUT2D eigenvalue weighted by Crippen LogP contribution is 2.32. The van der Waals surface area contributed by atoms with Crippen molar-refractivity contribution in [2.24, 2.45) is 0 Å². The molecule has 1 amide bonds. The molecular formula is C16H16N4O. The summed E-state index contributed by atoms with van der Waals surface area (Å²) in [5.74, 6) is 0.668. The molecule has 2 aliphatic rings. The van der Waals surface area contributed by atoms with E-state index in [-0.39, 0.29) is 5.91 Å². The van der Waals surface area contributed by atoms with E-state index in [0.717, 1.165) is 31.6 Å². The maximum Gasteiger partial charge on any atom is 0.271 e. The first-order valence-electron chi connectivity index (χ1n) is 7.29. The van der Waals surface area contributed by atoms with Crippen LogP contribution in [0, 0.1) is 0 Å². The van der Waals surface area contributed by atoms with E-state index in [0.29, 0.717) is 11.7 Å². The van der Waals surface area contributed by atoms with Crippen LogP contribution in [-0.2, 0) is 6.42 Å². The summed E-state index contributed by atoms with van der Waals surface area (Å²) < 4.78 is 0. The van der Waals surface area contributed by atoms with Gasteiger partial charge in [0, 0.05) is 18.3 Å². The van der Waals surface area contributed by atoms with Crippen molar-refractivity contribution in [2.45, 2.75) is 25.3 Å². The van der Waals surface area contributed by atoms with Crippen LogP contribution in [0.3, 0.4) is 0 Å². The van der Waals surface area contributed by atoms with E-state index in [1.54, 1.807) is 12.4 Å². The number of fused-ring (bicyclic) bond motifs is 1. The van der Waals surface area contributed by atoms with Gasteiger partial charge in [-0.1, -0.05) is 18.2 Å². The van der Waals surface area contributed by atoms with Gasteiger partial charge in [-0.2, -0.15) is 0 Å². The van der Waals surface area contributed by atoms with Crippen LogP contribution in [-0.4, -0.2) is 28.5 Å². The molecule has 1 aromatic heterocycles. The van der Waals surface area contributed by atoms with Gasteiger partial charge in [0.25, 0.3) is 5.91 Å². The Bertz CT molecular complexity index is 679. The third-order valence-corrected chi connectivity index (χ3v) is 3.95. The number of para-hydroxylation sites is 1. The smallest absolute Gasteiger partial charge is 0.271 e. The Kier molecular flexibility index (Phi) is 2.84. The van der Waals surface area contributed by atoms with Crippen LogP contribution in [0.15, 0.2) is 36.7 Å². The zero-order chi connectivity index (χ0) is 14.2. The van der Waals surface area contributed by atoms with E-state index < -0.39 is 0 Å². The number of anilines is 2. The number of nitrogens with zero attached hydrogens (tertiary/aromatic N) is 3. The van der Waals surface area contributed by atoms with E-state index in [1.165, 1.54) is 11.3 Å². The Morgan fingerprint density at radius 1 is 1.19 bits per heavy atom. The van der Waals surface area contributed by atoms with Crippen molar-refractivity contribution in [3.8, 4) is 0 Å². The summed E-state index contributed by atoms with van der Waals surface area (Å²) in [4.78, 5) is 22.7. The van der Waals surface area contributed by atoms with E-state index >= 15 is 0 Å². The molecule has 21 heavy (non-hydrogen) atoms. The van der Waals surface area contributed by atoms with E-state index in [9.17, 15) is 4.79 Å². The van der Waals surface area contributed by atoms with Crippen molar-refractivity contribution in [2.75, 3.05) is 11.4 Å². The lowest BCUT2D eigenvalue weighted by Crippen LogP contribution is -2.26. The topological polar surface area (TPSA) is 58.1 Å². The predicted molar refractivity (Wildman–Crippen MR) is 79.7 cm³/mol. The predicted octanol–water partition coefficient (Wildman–Crippen LogP) is 2.06. The molecule has 0 bridgehead atoms. The highest BCUT2D eigenvalue weighted by molar-refractivity contribution is 5.92. The van der Waals surface area contributed by atoms with E-state index in [1.807, 2.05) is 6.07 Å². The monoisotopic (exact) mass is 280 g/mol. The summed E-state index contributed by atoms with van der Waals surface area (Å²) >= 11 is 0. The molecular weight excluding hydrogens is 264 g/mol. The number of rotatable bonds is 3. The van der Waals surface area contributed by atoms with Crippen molar-refractivity contribution in [1.29, 1.82) is 0 Å². The summed E-state index contributed by atoms with van der Waals surface area (Å²) in [7, 11) is 0. The first-order valence-corrected chi connectivity index (χ1v) is 7.29. The zero-order valence-corrected chi connectivity index (χ0v) is 11.6. The quantitative estimate of drug-likeness (QED) is 0.935. The van der Waals surface area contributed by atoms with Crippen molar-refractivity contribution in [1.82, 2.24) is 15.3 Å². The van der Waals surface area contributed by atoms with Crippen molar-refractivity contribution >= 4 is 17.4 Å². The summed E-state index contributed by atoms with van der Waals surface area (Å²) in [6.07, 6.45) is 6.41. The zero-order valence-electron chi connectivity index (χ0n) is 11.6. The highest BCUT2D eigenvalue weighted by Gasteiger charge is 2.25. The van der Waals surface area contributed by atoms with Gasteiger partial charge in [-0.15, -0.1) is 0 Å². The minimum absolute atomic E-state index is 0.127. The molecule has 5 nitrogen and oxygen atoms in total. The maximum atomic E-state index is 11.9. The molecule has 1 aromatic carbocycles. The third-order valence-electron chi connectivity index (χ3n) is 3.95. The van der Waals surface area contributed by atoms with Gasteiger partial charge in [-0.3, -0.25) is 4.79 Å². The van der Waals surface area contributed by atoms with Crippen LogP contribution in [0.4, 0.5) is 11.5 Å². The van der Waals surface area contributed by atoms with Crippen LogP contribution in [0.1, 0.15) is 28.9 Å². The minimum Gasteiger partial charge on any atom is -0.348 e. The average molecular weight is 280 g/mol. The van der Waals surface area contributed by atoms with Crippen LogP contribution in [0.25, 0.3) is 0 Å². The van der Waals surface area contributed by atoms with Crippen LogP contribution >= 0.6 is 0 Å². The first-order chi connectivity index (χ1) is 10.3. The lowest BCUT2D eigenvalue weighted by Gasteiger charge is -2.17. The SMILES string of the molecule is O=C(NC1CC1)c1cnc(N2CCc3ccccc32)cn1. The largest absolute Gasteiger partial charge is 0.348 e. The van der Waals surface area contributed by atoms with Gasteiger partial charge in [0.2, 0.25) is 0 Å². The molecule has 1 fully saturated rings. The molecule has 0 saturated heterocycles. The van der Waals surface area contributed by atoms with Crippen molar-refractivity contribution < 1.29 is 4.79 Å². The molecule has 5 heteroatoms. The molecule has 1 saturated carbocycles. The Balaban J connectivity index is 1.55. The molecule has 0 radical (unpaired) electrons. The molecule has 0 atom stereocenters. The lowest BCUT2D eigenvalue weighted by molar-refractivity contribution is 0.0945. The second kappa shape index (κ2) is 4.84. The maximum absolute atomic E-state index is 11.9.